The van der Waals surface area contributed by atoms with Gasteiger partial charge >= 0.3 is 0 Å². The molecule has 0 bridgehead atoms. The molecule has 1 amide bonds. The molecule has 2 aromatic heterocycles. The van der Waals surface area contributed by atoms with Crippen LogP contribution in [0.4, 0.5) is 0 Å². The van der Waals surface area contributed by atoms with Crippen LogP contribution < -0.4 is 4.74 Å². The van der Waals surface area contributed by atoms with Crippen LogP contribution in [0.15, 0.2) is 35.8 Å². The Morgan fingerprint density at radius 1 is 1.28 bits per heavy atom. The third-order valence-electron chi connectivity index (χ3n) is 5.72. The van der Waals surface area contributed by atoms with E-state index in [-0.39, 0.29) is 11.5 Å². The number of thiazole rings is 1. The van der Waals surface area contributed by atoms with E-state index in [0.29, 0.717) is 31.9 Å². The first-order valence-corrected chi connectivity index (χ1v) is 10.5. The molecule has 5 rings (SSSR count). The van der Waals surface area contributed by atoms with Gasteiger partial charge in [-0.2, -0.15) is 0 Å². The maximum absolute atomic E-state index is 12.8. The van der Waals surface area contributed by atoms with Gasteiger partial charge in [0.1, 0.15) is 29.5 Å². The fourth-order valence-corrected chi connectivity index (χ4v) is 4.72. The number of amides is 1. The summed E-state index contributed by atoms with van der Waals surface area (Å²) in [5.41, 5.74) is 2.30. The molecule has 1 spiro atoms. The van der Waals surface area contributed by atoms with E-state index < -0.39 is 0 Å². The van der Waals surface area contributed by atoms with Gasteiger partial charge in [-0.25, -0.2) is 9.97 Å². The molecule has 8 heteroatoms. The Kier molecular flexibility index (Phi) is 4.40. The largest absolute Gasteiger partial charge is 0.497 e. The first kappa shape index (κ1) is 18.3. The highest BCUT2D eigenvalue weighted by atomic mass is 32.1. The van der Waals surface area contributed by atoms with Crippen molar-refractivity contribution in [3.63, 3.8) is 0 Å². The van der Waals surface area contributed by atoms with Crippen molar-refractivity contribution >= 4 is 17.2 Å². The number of aromatic nitrogens is 3. The minimum Gasteiger partial charge on any atom is -0.497 e. The Morgan fingerprint density at radius 3 is 2.83 bits per heavy atom. The van der Waals surface area contributed by atoms with E-state index >= 15 is 0 Å². The van der Waals surface area contributed by atoms with Crippen molar-refractivity contribution in [2.24, 2.45) is 0 Å². The van der Waals surface area contributed by atoms with Crippen molar-refractivity contribution in [2.45, 2.75) is 32.1 Å². The molecule has 0 radical (unpaired) electrons. The maximum atomic E-state index is 12.8. The first-order valence-electron chi connectivity index (χ1n) is 9.61. The van der Waals surface area contributed by atoms with Gasteiger partial charge in [-0.3, -0.25) is 4.79 Å². The van der Waals surface area contributed by atoms with E-state index in [1.165, 1.54) is 11.3 Å². The van der Waals surface area contributed by atoms with Crippen molar-refractivity contribution in [2.75, 3.05) is 20.2 Å². The second-order valence-electron chi connectivity index (χ2n) is 7.57. The van der Waals surface area contributed by atoms with Crippen molar-refractivity contribution in [3.8, 4) is 17.0 Å². The molecule has 150 valence electrons. The zero-order chi connectivity index (χ0) is 20.0. The minimum absolute atomic E-state index is 0.0124. The molecular formula is C21H22N4O3S. The molecular weight excluding hydrogens is 388 g/mol. The van der Waals surface area contributed by atoms with Gasteiger partial charge in [0, 0.05) is 17.5 Å². The molecule has 0 saturated carbocycles. The number of methoxy groups -OCH3 is 1. The summed E-state index contributed by atoms with van der Waals surface area (Å²) in [5, 5.41) is 2.74. The SMILES string of the molecule is COc1ccc(-c2cnc3n2CC2(CCN(C(=O)c4csc(C)n4)C2)OC3)cc1. The molecule has 0 N–H and O–H groups in total. The van der Waals surface area contributed by atoms with Crippen molar-refractivity contribution in [1.82, 2.24) is 19.4 Å². The highest BCUT2D eigenvalue weighted by Gasteiger charge is 2.45. The summed E-state index contributed by atoms with van der Waals surface area (Å²) >= 11 is 1.50. The lowest BCUT2D eigenvalue weighted by atomic mass is 10.0. The van der Waals surface area contributed by atoms with Crippen molar-refractivity contribution < 1.29 is 14.3 Å². The van der Waals surface area contributed by atoms with Crippen molar-refractivity contribution in [1.29, 1.82) is 0 Å². The molecule has 7 nitrogen and oxygen atoms in total. The van der Waals surface area contributed by atoms with Gasteiger partial charge < -0.3 is 18.9 Å². The summed E-state index contributed by atoms with van der Waals surface area (Å²) in [4.78, 5) is 23.6. The molecule has 4 heterocycles. The predicted molar refractivity (Wildman–Crippen MR) is 109 cm³/mol. The van der Waals surface area contributed by atoms with Crippen molar-refractivity contribution in [3.05, 3.63) is 52.4 Å². The lowest BCUT2D eigenvalue weighted by Gasteiger charge is -2.35. The number of nitrogens with zero attached hydrogens (tertiary/aromatic N) is 4. The summed E-state index contributed by atoms with van der Waals surface area (Å²) in [6.45, 7) is 4.30. The standard InChI is InChI=1S/C21H22N4O3S/c1-14-23-17(11-29-14)20(26)24-8-7-21(12-24)13-25-18(9-22-19(25)10-28-21)15-3-5-16(27-2)6-4-15/h3-6,9,11H,7-8,10,12-13H2,1-2H3. The number of benzene rings is 1. The van der Waals surface area contributed by atoms with Crippen LogP contribution in [0.2, 0.25) is 0 Å². The Morgan fingerprint density at radius 2 is 2.10 bits per heavy atom. The molecule has 1 unspecified atom stereocenters. The quantitative estimate of drug-likeness (QED) is 0.664. The van der Waals surface area contributed by atoms with Crippen LogP contribution in [-0.2, 0) is 17.9 Å². The number of rotatable bonds is 3. The van der Waals surface area contributed by atoms with Gasteiger partial charge in [0.25, 0.3) is 5.91 Å². The lowest BCUT2D eigenvalue weighted by Crippen LogP contribution is -2.45. The minimum atomic E-state index is -0.379. The first-order chi connectivity index (χ1) is 14.1. The Hall–Kier alpha value is -2.71. The van der Waals surface area contributed by atoms with Crippen LogP contribution in [0.1, 0.15) is 27.7 Å². The van der Waals surface area contributed by atoms with Gasteiger partial charge in [-0.15, -0.1) is 11.3 Å². The van der Waals surface area contributed by atoms with Gasteiger partial charge in [-0.05, 0) is 37.6 Å². The van der Waals surface area contributed by atoms with Crippen LogP contribution in [0.5, 0.6) is 5.75 Å². The second kappa shape index (κ2) is 6.96. The molecule has 3 aromatic rings. The molecule has 0 aliphatic carbocycles. The predicted octanol–water partition coefficient (Wildman–Crippen LogP) is 3.14. The number of carbonyl (C=O) groups is 1. The van der Waals surface area contributed by atoms with E-state index in [0.717, 1.165) is 34.3 Å². The van der Waals surface area contributed by atoms with Crippen LogP contribution in [0.3, 0.4) is 0 Å². The fraction of sp³-hybridized carbons (Fsp3) is 0.381. The Balaban J connectivity index is 1.38. The molecule has 1 atom stereocenters. The zero-order valence-corrected chi connectivity index (χ0v) is 17.2. The average Bonchev–Trinajstić information content (AvgIpc) is 3.46. The number of likely N-dealkylation sites (tertiary alicyclic amines) is 1. The summed E-state index contributed by atoms with van der Waals surface area (Å²) in [7, 11) is 1.66. The zero-order valence-electron chi connectivity index (χ0n) is 16.4. The van der Waals surface area contributed by atoms with Gasteiger partial charge in [0.2, 0.25) is 0 Å². The van der Waals surface area contributed by atoms with Crippen LogP contribution in [-0.4, -0.2) is 51.1 Å². The molecule has 1 saturated heterocycles. The number of hydrogen-bond acceptors (Lipinski definition) is 6. The number of imidazole rings is 1. The normalized spacial score (nSPS) is 20.8. The van der Waals surface area contributed by atoms with E-state index in [4.69, 9.17) is 9.47 Å². The summed E-state index contributed by atoms with van der Waals surface area (Å²) in [5.74, 6) is 1.73. The third-order valence-corrected chi connectivity index (χ3v) is 6.49. The Bertz CT molecular complexity index is 1060. The lowest BCUT2D eigenvalue weighted by molar-refractivity contribution is -0.0804. The summed E-state index contributed by atoms with van der Waals surface area (Å²) < 4.78 is 13.7. The van der Waals surface area contributed by atoms with E-state index in [2.05, 4.69) is 14.5 Å². The number of carbonyl (C=O) groups excluding carboxylic acids is 1. The maximum Gasteiger partial charge on any atom is 0.273 e. The highest BCUT2D eigenvalue weighted by molar-refractivity contribution is 7.09. The molecule has 1 aromatic carbocycles. The van der Waals surface area contributed by atoms with Crippen LogP contribution >= 0.6 is 11.3 Å². The number of hydrogen-bond donors (Lipinski definition) is 0. The molecule has 29 heavy (non-hydrogen) atoms. The van der Waals surface area contributed by atoms with E-state index in [1.54, 1.807) is 7.11 Å². The van der Waals surface area contributed by atoms with Gasteiger partial charge in [-0.1, -0.05) is 0 Å². The van der Waals surface area contributed by atoms with E-state index in [1.807, 2.05) is 47.7 Å². The number of aryl methyl sites for hydroxylation is 1. The van der Waals surface area contributed by atoms with Gasteiger partial charge in [0.05, 0.1) is 37.1 Å². The molecule has 2 aliphatic rings. The fourth-order valence-electron chi connectivity index (χ4n) is 4.14. The molecule has 2 aliphatic heterocycles. The highest BCUT2D eigenvalue weighted by Crippen LogP contribution is 2.36. The van der Waals surface area contributed by atoms with Gasteiger partial charge in [0.15, 0.2) is 0 Å². The third kappa shape index (κ3) is 3.22. The summed E-state index contributed by atoms with van der Waals surface area (Å²) in [6.07, 6.45) is 2.71. The smallest absolute Gasteiger partial charge is 0.273 e. The Labute approximate surface area is 172 Å². The monoisotopic (exact) mass is 410 g/mol. The average molecular weight is 410 g/mol. The van der Waals surface area contributed by atoms with Crippen LogP contribution in [0, 0.1) is 6.92 Å². The number of ether oxygens (including phenoxy) is 2. The summed E-state index contributed by atoms with van der Waals surface area (Å²) in [6, 6.07) is 7.99. The molecule has 1 fully saturated rings. The second-order valence-corrected chi connectivity index (χ2v) is 8.64. The van der Waals surface area contributed by atoms with E-state index in [9.17, 15) is 4.79 Å². The van der Waals surface area contributed by atoms with Crippen LogP contribution in [0.25, 0.3) is 11.3 Å². The number of fused-ring (bicyclic) bond motifs is 1. The topological polar surface area (TPSA) is 69.5 Å².